The van der Waals surface area contributed by atoms with Gasteiger partial charge in [0, 0.05) is 17.8 Å². The predicted octanol–water partition coefficient (Wildman–Crippen LogP) is 3.26. The molecule has 0 amide bonds. The molecule has 3 rings (SSSR count). The summed E-state index contributed by atoms with van der Waals surface area (Å²) in [6, 6.07) is 13.5. The number of fused-ring (bicyclic) bond motifs is 1. The van der Waals surface area contributed by atoms with Crippen LogP contribution in [0.5, 0.6) is 0 Å². The molecule has 0 aliphatic rings. The van der Waals surface area contributed by atoms with Crippen molar-refractivity contribution < 1.29 is 0 Å². The Labute approximate surface area is 168 Å². The Kier molecular flexibility index (Phi) is 7.45. The van der Waals surface area contributed by atoms with E-state index in [1.165, 1.54) is 0 Å². The van der Waals surface area contributed by atoms with Crippen LogP contribution in [0.1, 0.15) is 18.3 Å². The molecule has 132 valence electrons. The van der Waals surface area contributed by atoms with Gasteiger partial charge >= 0.3 is 0 Å². The van der Waals surface area contributed by atoms with Crippen LogP contribution in [-0.4, -0.2) is 27.1 Å². The first-order valence-corrected chi connectivity index (χ1v) is 8.20. The molecule has 2 heterocycles. The second-order valence-corrected chi connectivity index (χ2v) is 5.59. The van der Waals surface area contributed by atoms with Crippen molar-refractivity contribution in [2.24, 2.45) is 4.99 Å². The number of hydrogen-bond donors (Lipinski definition) is 2. The number of aromatic nitrogens is 3. The summed E-state index contributed by atoms with van der Waals surface area (Å²) in [6.45, 7) is 3.84. The third-order valence-corrected chi connectivity index (χ3v) is 3.88. The van der Waals surface area contributed by atoms with Crippen molar-refractivity contribution in [3.63, 3.8) is 0 Å². The van der Waals surface area contributed by atoms with Gasteiger partial charge in [-0.1, -0.05) is 35.9 Å². The Balaban J connectivity index is 0.00000225. The van der Waals surface area contributed by atoms with Crippen molar-refractivity contribution in [2.45, 2.75) is 20.0 Å². The van der Waals surface area contributed by atoms with E-state index in [0.29, 0.717) is 19.0 Å². The molecular weight excluding hydrogens is 451 g/mol. The predicted molar refractivity (Wildman–Crippen MR) is 112 cm³/mol. The summed E-state index contributed by atoms with van der Waals surface area (Å²) < 4.78 is 1.95. The average Bonchev–Trinajstić information content (AvgIpc) is 3.02. The third kappa shape index (κ3) is 5.05. The van der Waals surface area contributed by atoms with Crippen LogP contribution in [0, 0.1) is 0 Å². The topological polar surface area (TPSA) is 66.6 Å². The lowest BCUT2D eigenvalue weighted by molar-refractivity contribution is 0.765. The fourth-order valence-corrected chi connectivity index (χ4v) is 2.50. The summed E-state index contributed by atoms with van der Waals surface area (Å²) in [5.41, 5.74) is 1.82. The summed E-state index contributed by atoms with van der Waals surface area (Å²) >= 11 is 6.18. The number of nitrogens with one attached hydrogen (secondary N) is 2. The smallest absolute Gasteiger partial charge is 0.191 e. The molecule has 0 bridgehead atoms. The summed E-state index contributed by atoms with van der Waals surface area (Å²) in [5, 5.41) is 15.6. The van der Waals surface area contributed by atoms with Crippen molar-refractivity contribution in [3.05, 3.63) is 65.1 Å². The molecule has 3 aromatic rings. The van der Waals surface area contributed by atoms with Crippen LogP contribution >= 0.6 is 35.6 Å². The summed E-state index contributed by atoms with van der Waals surface area (Å²) in [4.78, 5) is 4.58. The molecule has 0 saturated heterocycles. The second-order valence-electron chi connectivity index (χ2n) is 5.19. The van der Waals surface area contributed by atoms with Crippen LogP contribution < -0.4 is 10.6 Å². The Morgan fingerprint density at radius 3 is 2.72 bits per heavy atom. The zero-order valence-corrected chi connectivity index (χ0v) is 16.9. The Hall–Kier alpha value is -1.87. The number of pyridine rings is 1. The summed E-state index contributed by atoms with van der Waals surface area (Å²) in [5.74, 6) is 1.54. The number of halogens is 2. The highest BCUT2D eigenvalue weighted by Gasteiger charge is 2.06. The molecule has 0 aliphatic heterocycles. The van der Waals surface area contributed by atoms with Crippen LogP contribution in [-0.2, 0) is 13.1 Å². The van der Waals surface area contributed by atoms with Crippen LogP contribution in [0.4, 0.5) is 0 Å². The van der Waals surface area contributed by atoms with Crippen molar-refractivity contribution in [1.29, 1.82) is 0 Å². The molecule has 8 heteroatoms. The first-order chi connectivity index (χ1) is 11.8. The zero-order chi connectivity index (χ0) is 16.8. The third-order valence-electron chi connectivity index (χ3n) is 3.51. The number of benzene rings is 1. The van der Waals surface area contributed by atoms with E-state index in [9.17, 15) is 0 Å². The van der Waals surface area contributed by atoms with Gasteiger partial charge in [0.25, 0.3) is 0 Å². The second kappa shape index (κ2) is 9.57. The molecule has 0 spiro atoms. The molecule has 1 aromatic carbocycles. The fourth-order valence-electron chi connectivity index (χ4n) is 2.31. The van der Waals surface area contributed by atoms with Gasteiger partial charge in [-0.2, -0.15) is 0 Å². The molecule has 0 atom stereocenters. The van der Waals surface area contributed by atoms with Crippen LogP contribution in [0.15, 0.2) is 53.7 Å². The van der Waals surface area contributed by atoms with E-state index >= 15 is 0 Å². The van der Waals surface area contributed by atoms with Gasteiger partial charge in [0.15, 0.2) is 17.4 Å². The minimum absolute atomic E-state index is 0. The van der Waals surface area contributed by atoms with Gasteiger partial charge in [-0.3, -0.25) is 4.40 Å². The van der Waals surface area contributed by atoms with Crippen LogP contribution in [0.2, 0.25) is 5.02 Å². The number of hydrogen-bond acceptors (Lipinski definition) is 3. The summed E-state index contributed by atoms with van der Waals surface area (Å²) in [6.07, 6.45) is 1.94. The van der Waals surface area contributed by atoms with Gasteiger partial charge in [0.2, 0.25) is 0 Å². The standard InChI is InChI=1S/C17H19ClN6.HI/c1-2-19-17(20-11-13-7-3-4-8-14(13)18)21-12-16-23-22-15-9-5-6-10-24(15)16;/h3-10H,2,11-12H2,1H3,(H2,19,20,21);1H. The molecule has 25 heavy (non-hydrogen) atoms. The molecule has 0 saturated carbocycles. The normalized spacial score (nSPS) is 11.2. The number of nitrogens with zero attached hydrogens (tertiary/aromatic N) is 4. The molecule has 0 unspecified atom stereocenters. The van der Waals surface area contributed by atoms with E-state index in [4.69, 9.17) is 11.6 Å². The molecule has 2 aromatic heterocycles. The van der Waals surface area contributed by atoms with Crippen molar-refractivity contribution in [1.82, 2.24) is 25.2 Å². The van der Waals surface area contributed by atoms with E-state index in [-0.39, 0.29) is 24.0 Å². The van der Waals surface area contributed by atoms with E-state index < -0.39 is 0 Å². The summed E-state index contributed by atoms with van der Waals surface area (Å²) in [7, 11) is 0. The Bertz CT molecular complexity index is 848. The van der Waals surface area contributed by atoms with Crippen LogP contribution in [0.3, 0.4) is 0 Å². The quantitative estimate of drug-likeness (QED) is 0.341. The van der Waals surface area contributed by atoms with Gasteiger partial charge in [0.05, 0.1) is 13.1 Å². The highest BCUT2D eigenvalue weighted by molar-refractivity contribution is 14.0. The lowest BCUT2D eigenvalue weighted by Crippen LogP contribution is -2.37. The maximum Gasteiger partial charge on any atom is 0.191 e. The van der Waals surface area contributed by atoms with Gasteiger partial charge in [0.1, 0.15) is 0 Å². The first-order valence-electron chi connectivity index (χ1n) is 7.82. The molecule has 0 aliphatic carbocycles. The molecule has 6 nitrogen and oxygen atoms in total. The van der Waals surface area contributed by atoms with E-state index in [1.807, 2.05) is 60.0 Å². The van der Waals surface area contributed by atoms with E-state index in [0.717, 1.165) is 28.6 Å². The first kappa shape index (κ1) is 19.5. The maximum atomic E-state index is 6.18. The van der Waals surface area contributed by atoms with Gasteiger partial charge in [-0.05, 0) is 30.7 Å². The zero-order valence-electron chi connectivity index (χ0n) is 13.8. The van der Waals surface area contributed by atoms with Crippen molar-refractivity contribution >= 4 is 47.2 Å². The van der Waals surface area contributed by atoms with Gasteiger partial charge in [-0.25, -0.2) is 4.99 Å². The molecule has 0 radical (unpaired) electrons. The molecule has 0 fully saturated rings. The number of rotatable bonds is 5. The maximum absolute atomic E-state index is 6.18. The molecule has 2 N–H and O–H groups in total. The fraction of sp³-hybridized carbons (Fsp3) is 0.235. The minimum Gasteiger partial charge on any atom is -0.357 e. The highest BCUT2D eigenvalue weighted by atomic mass is 127. The Morgan fingerprint density at radius 2 is 1.92 bits per heavy atom. The van der Waals surface area contributed by atoms with E-state index in [2.05, 4.69) is 25.8 Å². The van der Waals surface area contributed by atoms with E-state index in [1.54, 1.807) is 0 Å². The number of guanidine groups is 1. The Morgan fingerprint density at radius 1 is 1.12 bits per heavy atom. The SMILES string of the molecule is CCNC(=NCc1ccccc1Cl)NCc1nnc2ccccn12.I. The highest BCUT2D eigenvalue weighted by Crippen LogP contribution is 2.15. The molecular formula is C17H20ClIN6. The van der Waals surface area contributed by atoms with Crippen molar-refractivity contribution in [2.75, 3.05) is 6.54 Å². The largest absolute Gasteiger partial charge is 0.357 e. The lowest BCUT2D eigenvalue weighted by atomic mass is 10.2. The van der Waals surface area contributed by atoms with Crippen molar-refractivity contribution in [3.8, 4) is 0 Å². The minimum atomic E-state index is 0. The van der Waals surface area contributed by atoms with Crippen LogP contribution in [0.25, 0.3) is 5.65 Å². The number of aliphatic imine (C=N–C) groups is 1. The van der Waals surface area contributed by atoms with Gasteiger partial charge in [-0.15, -0.1) is 34.2 Å². The van der Waals surface area contributed by atoms with Gasteiger partial charge < -0.3 is 10.6 Å². The average molecular weight is 471 g/mol. The lowest BCUT2D eigenvalue weighted by Gasteiger charge is -2.11. The monoisotopic (exact) mass is 470 g/mol.